The normalized spacial score (nSPS) is 27.5. The van der Waals surface area contributed by atoms with Crippen LogP contribution in [0.15, 0.2) is 24.3 Å². The van der Waals surface area contributed by atoms with E-state index in [9.17, 15) is 18.0 Å². The lowest BCUT2D eigenvalue weighted by molar-refractivity contribution is -0.142. The Morgan fingerprint density at radius 1 is 1.33 bits per heavy atom. The summed E-state index contributed by atoms with van der Waals surface area (Å²) in [5, 5.41) is 0. The van der Waals surface area contributed by atoms with Gasteiger partial charge >= 0.3 is 6.18 Å². The van der Waals surface area contributed by atoms with Crippen LogP contribution in [0.5, 0.6) is 0 Å². The van der Waals surface area contributed by atoms with Crippen LogP contribution in [0.1, 0.15) is 42.1 Å². The molecule has 1 aromatic rings. The molecule has 114 valence electrons. The molecule has 0 N–H and O–H groups in total. The summed E-state index contributed by atoms with van der Waals surface area (Å²) in [4.78, 5) is 14.1. The number of carbonyl (C=O) groups excluding carboxylic acids is 1. The van der Waals surface area contributed by atoms with Crippen molar-refractivity contribution in [1.29, 1.82) is 0 Å². The maximum Gasteiger partial charge on any atom is 0.389 e. The number of carbonyl (C=O) groups is 1. The monoisotopic (exact) mass is 299 g/mol. The first-order chi connectivity index (χ1) is 9.71. The molecule has 0 aromatic heterocycles. The highest BCUT2D eigenvalue weighted by atomic mass is 19.4. The van der Waals surface area contributed by atoms with Crippen molar-refractivity contribution in [2.45, 2.75) is 44.1 Å². The van der Waals surface area contributed by atoms with Crippen LogP contribution in [0, 0.1) is 0 Å². The van der Waals surface area contributed by atoms with Crippen LogP contribution in [0.4, 0.5) is 13.2 Å². The molecule has 2 aliphatic heterocycles. The SMILES string of the molecule is CC1(C)OC[C@H]2[C@H](CC(F)(F)F)c3ccccc3C(=O)N21. The number of rotatable bonds is 1. The standard InChI is InChI=1S/C15H16F3NO2/c1-14(2)19-12(8-21-14)11(7-15(16,17)18)9-5-3-4-6-10(9)13(19)20/h3-6,11-12H,7-8H2,1-2H3/t11-,12+/m1/s1. The van der Waals surface area contributed by atoms with Crippen molar-refractivity contribution >= 4 is 5.91 Å². The minimum atomic E-state index is -4.28. The van der Waals surface area contributed by atoms with Crippen LogP contribution in [-0.2, 0) is 4.74 Å². The molecular formula is C15H16F3NO2. The average Bonchev–Trinajstić information content (AvgIpc) is 2.69. The number of fused-ring (bicyclic) bond motifs is 2. The van der Waals surface area contributed by atoms with Gasteiger partial charge in [-0.05, 0) is 25.5 Å². The van der Waals surface area contributed by atoms with Gasteiger partial charge in [-0.25, -0.2) is 0 Å². The average molecular weight is 299 g/mol. The molecule has 0 unspecified atom stereocenters. The minimum Gasteiger partial charge on any atom is -0.354 e. The summed E-state index contributed by atoms with van der Waals surface area (Å²) in [6.07, 6.45) is -5.23. The van der Waals surface area contributed by atoms with E-state index >= 15 is 0 Å². The summed E-state index contributed by atoms with van der Waals surface area (Å²) in [7, 11) is 0. The number of halogens is 3. The zero-order chi connectivity index (χ0) is 15.4. The second-order valence-electron chi connectivity index (χ2n) is 6.01. The van der Waals surface area contributed by atoms with Crippen molar-refractivity contribution in [1.82, 2.24) is 4.90 Å². The summed E-state index contributed by atoms with van der Waals surface area (Å²) in [6, 6.07) is 5.99. The number of amides is 1. The van der Waals surface area contributed by atoms with Gasteiger partial charge in [0.25, 0.3) is 5.91 Å². The van der Waals surface area contributed by atoms with Crippen LogP contribution < -0.4 is 0 Å². The third-order valence-electron chi connectivity index (χ3n) is 4.24. The Morgan fingerprint density at radius 2 is 2.00 bits per heavy atom. The number of alkyl halides is 3. The van der Waals surface area contributed by atoms with Gasteiger partial charge in [0.2, 0.25) is 0 Å². The predicted molar refractivity (Wildman–Crippen MR) is 69.8 cm³/mol. The van der Waals surface area contributed by atoms with Crippen molar-refractivity contribution in [3.63, 3.8) is 0 Å². The van der Waals surface area contributed by atoms with Crippen LogP contribution in [0.3, 0.4) is 0 Å². The fourth-order valence-electron chi connectivity index (χ4n) is 3.37. The molecule has 1 saturated heterocycles. The minimum absolute atomic E-state index is 0.133. The van der Waals surface area contributed by atoms with Crippen molar-refractivity contribution in [3.05, 3.63) is 35.4 Å². The van der Waals surface area contributed by atoms with E-state index in [0.717, 1.165) is 0 Å². The maximum absolute atomic E-state index is 12.9. The Morgan fingerprint density at radius 3 is 2.67 bits per heavy atom. The Balaban J connectivity index is 2.10. The summed E-state index contributed by atoms with van der Waals surface area (Å²) in [5.74, 6) is -1.03. The van der Waals surface area contributed by atoms with Gasteiger partial charge in [-0.1, -0.05) is 18.2 Å². The fourth-order valence-corrected chi connectivity index (χ4v) is 3.37. The lowest BCUT2D eigenvalue weighted by Gasteiger charge is -2.41. The summed E-state index contributed by atoms with van der Waals surface area (Å²) in [5.41, 5.74) is -0.0528. The third-order valence-corrected chi connectivity index (χ3v) is 4.24. The van der Waals surface area contributed by atoms with E-state index in [1.165, 1.54) is 4.90 Å². The zero-order valence-electron chi connectivity index (χ0n) is 11.8. The van der Waals surface area contributed by atoms with Crippen LogP contribution in [0.2, 0.25) is 0 Å². The summed E-state index contributed by atoms with van der Waals surface area (Å²) in [6.45, 7) is 3.56. The maximum atomic E-state index is 12.9. The molecule has 21 heavy (non-hydrogen) atoms. The van der Waals surface area contributed by atoms with Gasteiger partial charge < -0.3 is 9.64 Å². The number of nitrogens with zero attached hydrogens (tertiary/aromatic N) is 1. The summed E-state index contributed by atoms with van der Waals surface area (Å²) >= 11 is 0. The number of ether oxygens (including phenoxy) is 1. The number of hydrogen-bond donors (Lipinski definition) is 0. The molecule has 0 bridgehead atoms. The van der Waals surface area contributed by atoms with Crippen molar-refractivity contribution in [2.75, 3.05) is 6.61 Å². The van der Waals surface area contributed by atoms with Gasteiger partial charge in [0.15, 0.2) is 0 Å². The van der Waals surface area contributed by atoms with E-state index in [2.05, 4.69) is 0 Å². The first-order valence-corrected chi connectivity index (χ1v) is 6.84. The topological polar surface area (TPSA) is 29.5 Å². The smallest absolute Gasteiger partial charge is 0.354 e. The van der Waals surface area contributed by atoms with E-state index in [1.54, 1.807) is 38.1 Å². The quantitative estimate of drug-likeness (QED) is 0.796. The second kappa shape index (κ2) is 4.47. The Labute approximate surface area is 120 Å². The van der Waals surface area contributed by atoms with E-state index in [-0.39, 0.29) is 12.5 Å². The van der Waals surface area contributed by atoms with Gasteiger partial charge in [0.05, 0.1) is 19.1 Å². The fraction of sp³-hybridized carbons (Fsp3) is 0.533. The van der Waals surface area contributed by atoms with E-state index < -0.39 is 30.3 Å². The van der Waals surface area contributed by atoms with Crippen molar-refractivity contribution in [3.8, 4) is 0 Å². The Kier molecular flexibility index (Phi) is 3.06. The number of hydrogen-bond acceptors (Lipinski definition) is 2. The highest BCUT2D eigenvalue weighted by molar-refractivity contribution is 5.98. The van der Waals surface area contributed by atoms with Crippen LogP contribution >= 0.6 is 0 Å². The van der Waals surface area contributed by atoms with Crippen LogP contribution in [-0.4, -0.2) is 35.4 Å². The molecule has 1 amide bonds. The van der Waals surface area contributed by atoms with Crippen molar-refractivity contribution in [2.24, 2.45) is 0 Å². The highest BCUT2D eigenvalue weighted by Crippen LogP contribution is 2.45. The number of benzene rings is 1. The van der Waals surface area contributed by atoms with Crippen molar-refractivity contribution < 1.29 is 22.7 Å². The molecule has 1 fully saturated rings. The molecule has 0 saturated carbocycles. The summed E-state index contributed by atoms with van der Waals surface area (Å²) < 4.78 is 44.4. The Hall–Kier alpha value is -1.56. The molecule has 3 nitrogen and oxygen atoms in total. The van der Waals surface area contributed by atoms with Gasteiger partial charge in [-0.3, -0.25) is 4.79 Å². The molecule has 0 aliphatic carbocycles. The molecule has 1 aromatic carbocycles. The highest BCUT2D eigenvalue weighted by Gasteiger charge is 2.53. The molecule has 0 radical (unpaired) electrons. The van der Waals surface area contributed by atoms with Gasteiger partial charge in [-0.15, -0.1) is 0 Å². The van der Waals surface area contributed by atoms with E-state index in [1.807, 2.05) is 0 Å². The second-order valence-corrected chi connectivity index (χ2v) is 6.01. The molecule has 0 spiro atoms. The van der Waals surface area contributed by atoms with E-state index in [0.29, 0.717) is 11.1 Å². The molecular weight excluding hydrogens is 283 g/mol. The molecule has 2 aliphatic rings. The lowest BCUT2D eigenvalue weighted by atomic mass is 9.81. The first kappa shape index (κ1) is 14.4. The zero-order valence-corrected chi connectivity index (χ0v) is 11.8. The first-order valence-electron chi connectivity index (χ1n) is 6.84. The molecule has 6 heteroatoms. The third kappa shape index (κ3) is 2.31. The van der Waals surface area contributed by atoms with Gasteiger partial charge in [-0.2, -0.15) is 13.2 Å². The lowest BCUT2D eigenvalue weighted by Crippen LogP contribution is -2.53. The van der Waals surface area contributed by atoms with E-state index in [4.69, 9.17) is 4.74 Å². The largest absolute Gasteiger partial charge is 0.389 e. The Bertz CT molecular complexity index is 583. The molecule has 3 rings (SSSR count). The molecule has 2 heterocycles. The van der Waals surface area contributed by atoms with Gasteiger partial charge in [0.1, 0.15) is 5.72 Å². The predicted octanol–water partition coefficient (Wildman–Crippen LogP) is 3.31. The molecule has 2 atom stereocenters. The van der Waals surface area contributed by atoms with Crippen LogP contribution in [0.25, 0.3) is 0 Å². The van der Waals surface area contributed by atoms with Gasteiger partial charge in [0, 0.05) is 11.5 Å².